The van der Waals surface area contributed by atoms with Crippen molar-refractivity contribution < 1.29 is 8.42 Å². The number of likely N-dealkylation sites (tertiary alicyclic amines) is 1. The van der Waals surface area contributed by atoms with Crippen LogP contribution in [0.4, 0.5) is 0 Å². The summed E-state index contributed by atoms with van der Waals surface area (Å²) in [5.41, 5.74) is 0. The van der Waals surface area contributed by atoms with Crippen molar-refractivity contribution in [3.63, 3.8) is 0 Å². The lowest BCUT2D eigenvalue weighted by atomic mass is 10.3. The van der Waals surface area contributed by atoms with Gasteiger partial charge in [0.05, 0.1) is 6.20 Å². The Kier molecular flexibility index (Phi) is 5.14. The van der Waals surface area contributed by atoms with E-state index in [0.717, 1.165) is 32.5 Å². The van der Waals surface area contributed by atoms with Crippen LogP contribution >= 0.6 is 0 Å². The van der Waals surface area contributed by atoms with Gasteiger partial charge in [-0.25, -0.2) is 13.1 Å². The van der Waals surface area contributed by atoms with Gasteiger partial charge in [-0.3, -0.25) is 4.68 Å². The number of hydrogen-bond donors (Lipinski definition) is 2. The number of aromatic nitrogens is 2. The molecule has 0 aliphatic carbocycles. The predicted molar refractivity (Wildman–Crippen MR) is 77.0 cm³/mol. The molecule has 1 saturated heterocycles. The van der Waals surface area contributed by atoms with Crippen LogP contribution in [0.15, 0.2) is 17.3 Å². The Hall–Kier alpha value is -0.960. The van der Waals surface area contributed by atoms with Crippen molar-refractivity contribution in [1.29, 1.82) is 0 Å². The Morgan fingerprint density at radius 2 is 2.30 bits per heavy atom. The van der Waals surface area contributed by atoms with E-state index in [-0.39, 0.29) is 10.9 Å². The molecule has 2 heterocycles. The lowest BCUT2D eigenvalue weighted by Crippen LogP contribution is -2.36. The monoisotopic (exact) mass is 301 g/mol. The molecule has 20 heavy (non-hydrogen) atoms. The van der Waals surface area contributed by atoms with E-state index in [4.69, 9.17) is 0 Å². The molecule has 0 amide bonds. The summed E-state index contributed by atoms with van der Waals surface area (Å²) >= 11 is 0. The maximum atomic E-state index is 12.2. The third kappa shape index (κ3) is 4.02. The Balaban J connectivity index is 1.95. The first kappa shape index (κ1) is 15.4. The summed E-state index contributed by atoms with van der Waals surface area (Å²) in [6.45, 7) is 3.28. The van der Waals surface area contributed by atoms with Crippen molar-refractivity contribution in [2.24, 2.45) is 0 Å². The summed E-state index contributed by atoms with van der Waals surface area (Å²) < 4.78 is 28.9. The molecule has 0 bridgehead atoms. The van der Waals surface area contributed by atoms with Gasteiger partial charge < -0.3 is 10.2 Å². The van der Waals surface area contributed by atoms with Gasteiger partial charge in [-0.1, -0.05) is 0 Å². The van der Waals surface area contributed by atoms with Crippen LogP contribution in [0.1, 0.15) is 12.8 Å². The summed E-state index contributed by atoms with van der Waals surface area (Å²) in [6, 6.07) is -0.00218. The third-order valence-electron chi connectivity index (χ3n) is 3.45. The standard InChI is InChI=1S/C12H23N5O2S/c1-13-5-3-6-17-10-12(8-14-17)20(18,19)15-11-4-7-16(2)9-11/h8,10-11,13,15H,3-7,9H2,1-2H3. The number of nitrogens with zero attached hydrogens (tertiary/aromatic N) is 3. The van der Waals surface area contributed by atoms with Crippen LogP contribution in [0.3, 0.4) is 0 Å². The molecule has 0 saturated carbocycles. The van der Waals surface area contributed by atoms with Gasteiger partial charge in [-0.05, 0) is 40.0 Å². The average Bonchev–Trinajstić information content (AvgIpc) is 2.99. The van der Waals surface area contributed by atoms with Crippen molar-refractivity contribution in [2.45, 2.75) is 30.3 Å². The van der Waals surface area contributed by atoms with Crippen molar-refractivity contribution >= 4 is 10.0 Å². The normalized spacial score (nSPS) is 20.6. The second-order valence-corrected chi connectivity index (χ2v) is 6.98. The zero-order valence-electron chi connectivity index (χ0n) is 12.0. The first-order chi connectivity index (χ1) is 9.51. The van der Waals surface area contributed by atoms with E-state index in [0.29, 0.717) is 6.54 Å². The molecule has 0 spiro atoms. The van der Waals surface area contributed by atoms with Crippen LogP contribution in [0.25, 0.3) is 0 Å². The van der Waals surface area contributed by atoms with Crippen LogP contribution in [0.2, 0.25) is 0 Å². The van der Waals surface area contributed by atoms with Gasteiger partial charge in [0.1, 0.15) is 4.90 Å². The van der Waals surface area contributed by atoms with Crippen molar-refractivity contribution in [1.82, 2.24) is 24.7 Å². The lowest BCUT2D eigenvalue weighted by Gasteiger charge is -2.12. The topological polar surface area (TPSA) is 79.3 Å². The highest BCUT2D eigenvalue weighted by molar-refractivity contribution is 7.89. The van der Waals surface area contributed by atoms with Crippen molar-refractivity contribution in [2.75, 3.05) is 33.7 Å². The molecule has 8 heteroatoms. The largest absolute Gasteiger partial charge is 0.320 e. The van der Waals surface area contributed by atoms with E-state index in [2.05, 4.69) is 20.0 Å². The molecule has 0 radical (unpaired) electrons. The van der Waals surface area contributed by atoms with E-state index in [1.807, 2.05) is 14.1 Å². The summed E-state index contributed by atoms with van der Waals surface area (Å²) in [5, 5.41) is 7.15. The van der Waals surface area contributed by atoms with Gasteiger partial charge in [0, 0.05) is 25.3 Å². The first-order valence-electron chi connectivity index (χ1n) is 6.89. The van der Waals surface area contributed by atoms with Gasteiger partial charge in [-0.15, -0.1) is 0 Å². The van der Waals surface area contributed by atoms with Gasteiger partial charge in [-0.2, -0.15) is 5.10 Å². The zero-order chi connectivity index (χ0) is 14.6. The average molecular weight is 301 g/mol. The highest BCUT2D eigenvalue weighted by Gasteiger charge is 2.26. The summed E-state index contributed by atoms with van der Waals surface area (Å²) in [7, 11) is 0.432. The summed E-state index contributed by atoms with van der Waals surface area (Å²) in [4.78, 5) is 2.37. The maximum Gasteiger partial charge on any atom is 0.243 e. The zero-order valence-corrected chi connectivity index (χ0v) is 12.9. The molecule has 0 aromatic carbocycles. The van der Waals surface area contributed by atoms with Gasteiger partial charge in [0.2, 0.25) is 10.0 Å². The molecular weight excluding hydrogens is 278 g/mol. The van der Waals surface area contributed by atoms with E-state index in [1.165, 1.54) is 6.20 Å². The molecule has 1 fully saturated rings. The van der Waals surface area contributed by atoms with Crippen LogP contribution in [0.5, 0.6) is 0 Å². The first-order valence-corrected chi connectivity index (χ1v) is 8.37. The molecule has 1 aromatic rings. The van der Waals surface area contributed by atoms with Crippen molar-refractivity contribution in [3.05, 3.63) is 12.4 Å². The van der Waals surface area contributed by atoms with Crippen LogP contribution < -0.4 is 10.0 Å². The highest BCUT2D eigenvalue weighted by atomic mass is 32.2. The Bertz CT molecular complexity index is 528. The molecular formula is C12H23N5O2S. The number of hydrogen-bond acceptors (Lipinski definition) is 5. The van der Waals surface area contributed by atoms with Crippen LogP contribution in [-0.2, 0) is 16.6 Å². The Labute approximate surface area is 120 Å². The predicted octanol–water partition coefficient (Wildman–Crippen LogP) is -0.525. The van der Waals surface area contributed by atoms with Crippen LogP contribution in [0, 0.1) is 0 Å². The number of nitrogens with one attached hydrogen (secondary N) is 2. The Morgan fingerprint density at radius 1 is 1.50 bits per heavy atom. The highest BCUT2D eigenvalue weighted by Crippen LogP contribution is 2.12. The number of rotatable bonds is 7. The second kappa shape index (κ2) is 6.66. The van der Waals surface area contributed by atoms with Gasteiger partial charge in [0.15, 0.2) is 0 Å². The molecule has 7 nitrogen and oxygen atoms in total. The van der Waals surface area contributed by atoms with Gasteiger partial charge >= 0.3 is 0 Å². The maximum absolute atomic E-state index is 12.2. The van der Waals surface area contributed by atoms with E-state index in [1.54, 1.807) is 10.9 Å². The molecule has 1 aliphatic heterocycles. The fourth-order valence-electron chi connectivity index (χ4n) is 2.34. The summed E-state index contributed by atoms with van der Waals surface area (Å²) in [5.74, 6) is 0. The van der Waals surface area contributed by atoms with Crippen molar-refractivity contribution in [3.8, 4) is 0 Å². The van der Waals surface area contributed by atoms with Gasteiger partial charge in [0.25, 0.3) is 0 Å². The fraction of sp³-hybridized carbons (Fsp3) is 0.750. The van der Waals surface area contributed by atoms with Crippen LogP contribution in [-0.4, -0.2) is 62.9 Å². The lowest BCUT2D eigenvalue weighted by molar-refractivity contribution is 0.407. The number of sulfonamides is 1. The molecule has 1 unspecified atom stereocenters. The SMILES string of the molecule is CNCCCn1cc(S(=O)(=O)NC2CCN(C)C2)cn1. The molecule has 2 N–H and O–H groups in total. The molecule has 1 aliphatic rings. The van der Waals surface area contributed by atoms with E-state index >= 15 is 0 Å². The minimum atomic E-state index is -3.45. The Morgan fingerprint density at radius 3 is 2.95 bits per heavy atom. The number of likely N-dealkylation sites (N-methyl/N-ethyl adjacent to an activating group) is 1. The summed E-state index contributed by atoms with van der Waals surface area (Å²) in [6.07, 6.45) is 4.78. The van der Waals surface area contributed by atoms with E-state index in [9.17, 15) is 8.42 Å². The molecule has 1 atom stereocenters. The molecule has 114 valence electrons. The minimum Gasteiger partial charge on any atom is -0.320 e. The molecule has 1 aromatic heterocycles. The smallest absolute Gasteiger partial charge is 0.243 e. The quantitative estimate of drug-likeness (QED) is 0.662. The van der Waals surface area contributed by atoms with E-state index < -0.39 is 10.0 Å². The third-order valence-corrected chi connectivity index (χ3v) is 4.92. The molecule has 2 rings (SSSR count). The fourth-order valence-corrected chi connectivity index (χ4v) is 3.56. The second-order valence-electron chi connectivity index (χ2n) is 5.27. The number of aryl methyl sites for hydroxylation is 1. The minimum absolute atomic E-state index is 0.00218.